The van der Waals surface area contributed by atoms with Crippen LogP contribution < -0.4 is 10.6 Å². The van der Waals surface area contributed by atoms with E-state index in [1.165, 1.54) is 16.8 Å². The molecule has 0 aliphatic carbocycles. The molecule has 0 unspecified atom stereocenters. The summed E-state index contributed by atoms with van der Waals surface area (Å²) in [5.74, 6) is 0.249. The third-order valence-corrected chi connectivity index (χ3v) is 2.34. The number of carbonyl (C=O) groups is 1. The number of hydrogen-bond donors (Lipinski definition) is 2. The Labute approximate surface area is 94.9 Å². The Morgan fingerprint density at radius 1 is 1.31 bits per heavy atom. The summed E-state index contributed by atoms with van der Waals surface area (Å²) >= 11 is 1.24. The highest BCUT2D eigenvalue weighted by molar-refractivity contribution is 7.13. The first-order valence-corrected chi connectivity index (χ1v) is 5.26. The third kappa shape index (κ3) is 2.28. The maximum Gasteiger partial charge on any atom is 0.278 e. The zero-order chi connectivity index (χ0) is 11.4. The van der Waals surface area contributed by atoms with Crippen molar-refractivity contribution in [2.24, 2.45) is 0 Å². The number of amides is 1. The minimum absolute atomic E-state index is 0.231. The molecule has 2 heterocycles. The van der Waals surface area contributed by atoms with Gasteiger partial charge >= 0.3 is 0 Å². The molecule has 0 aromatic carbocycles. The van der Waals surface area contributed by atoms with E-state index in [4.69, 9.17) is 0 Å². The molecule has 1 amide bonds. The lowest BCUT2D eigenvalue weighted by Gasteiger charge is -2.00. The second kappa shape index (κ2) is 4.62. The van der Waals surface area contributed by atoms with Crippen molar-refractivity contribution in [3.05, 3.63) is 23.3 Å². The molecule has 2 aromatic heterocycles. The number of nitrogens with zero attached hydrogens (tertiary/aromatic N) is 4. The molecule has 2 rings (SSSR count). The highest BCUT2D eigenvalue weighted by atomic mass is 32.1. The van der Waals surface area contributed by atoms with Crippen molar-refractivity contribution >= 4 is 28.2 Å². The molecule has 0 saturated carbocycles. The van der Waals surface area contributed by atoms with Gasteiger partial charge in [-0.25, -0.2) is 0 Å². The maximum atomic E-state index is 11.6. The van der Waals surface area contributed by atoms with Crippen LogP contribution in [0.5, 0.6) is 0 Å². The molecular formula is C8H8N6OS. The van der Waals surface area contributed by atoms with Crippen LogP contribution >= 0.6 is 11.3 Å². The summed E-state index contributed by atoms with van der Waals surface area (Å²) in [7, 11) is 1.73. The molecule has 0 saturated heterocycles. The summed E-state index contributed by atoms with van der Waals surface area (Å²) in [5, 5.41) is 20.7. The van der Waals surface area contributed by atoms with Gasteiger partial charge in [-0.05, 0) is 12.1 Å². The SMILES string of the molecule is CNc1ccc(C(=O)Nc2nncs2)nn1. The van der Waals surface area contributed by atoms with E-state index >= 15 is 0 Å². The molecule has 82 valence electrons. The van der Waals surface area contributed by atoms with Crippen molar-refractivity contribution in [3.63, 3.8) is 0 Å². The van der Waals surface area contributed by atoms with E-state index in [9.17, 15) is 4.79 Å². The third-order valence-electron chi connectivity index (χ3n) is 1.73. The zero-order valence-electron chi connectivity index (χ0n) is 8.34. The molecule has 0 aliphatic rings. The van der Waals surface area contributed by atoms with E-state index in [2.05, 4.69) is 31.0 Å². The fourth-order valence-corrected chi connectivity index (χ4v) is 1.42. The highest BCUT2D eigenvalue weighted by Crippen LogP contribution is 2.09. The van der Waals surface area contributed by atoms with Crippen LogP contribution in [0.25, 0.3) is 0 Å². The normalized spacial score (nSPS) is 9.81. The van der Waals surface area contributed by atoms with E-state index in [1.54, 1.807) is 19.2 Å². The zero-order valence-corrected chi connectivity index (χ0v) is 9.15. The van der Waals surface area contributed by atoms with Crippen LogP contribution in [0.15, 0.2) is 17.6 Å². The Morgan fingerprint density at radius 2 is 2.19 bits per heavy atom. The molecule has 0 aliphatic heterocycles. The average molecular weight is 236 g/mol. The number of aromatic nitrogens is 4. The fourth-order valence-electron chi connectivity index (χ4n) is 0.975. The van der Waals surface area contributed by atoms with Gasteiger partial charge < -0.3 is 5.32 Å². The molecule has 2 aromatic rings. The van der Waals surface area contributed by atoms with Crippen molar-refractivity contribution in [1.82, 2.24) is 20.4 Å². The molecule has 0 radical (unpaired) electrons. The van der Waals surface area contributed by atoms with Crippen LogP contribution in [-0.2, 0) is 0 Å². The molecule has 0 fully saturated rings. The molecule has 16 heavy (non-hydrogen) atoms. The van der Waals surface area contributed by atoms with Gasteiger partial charge in [-0.1, -0.05) is 11.3 Å². The molecule has 8 heteroatoms. The van der Waals surface area contributed by atoms with Gasteiger partial charge in [0.15, 0.2) is 5.69 Å². The van der Waals surface area contributed by atoms with Crippen LogP contribution in [-0.4, -0.2) is 33.3 Å². The van der Waals surface area contributed by atoms with Crippen LogP contribution in [0.1, 0.15) is 10.5 Å². The Bertz CT molecular complexity index is 468. The van der Waals surface area contributed by atoms with Crippen molar-refractivity contribution < 1.29 is 4.79 Å². The quantitative estimate of drug-likeness (QED) is 0.811. The van der Waals surface area contributed by atoms with E-state index in [0.717, 1.165) is 0 Å². The lowest BCUT2D eigenvalue weighted by molar-refractivity contribution is 0.102. The van der Waals surface area contributed by atoms with E-state index in [1.807, 2.05) is 0 Å². The number of rotatable bonds is 3. The molecule has 0 spiro atoms. The van der Waals surface area contributed by atoms with Crippen LogP contribution in [0.4, 0.5) is 10.9 Å². The van der Waals surface area contributed by atoms with Gasteiger partial charge in [0, 0.05) is 7.05 Å². The van der Waals surface area contributed by atoms with Gasteiger partial charge in [-0.3, -0.25) is 10.1 Å². The van der Waals surface area contributed by atoms with E-state index in [0.29, 0.717) is 10.9 Å². The lowest BCUT2D eigenvalue weighted by atomic mass is 10.3. The van der Waals surface area contributed by atoms with Crippen molar-refractivity contribution in [3.8, 4) is 0 Å². The maximum absolute atomic E-state index is 11.6. The first-order chi connectivity index (χ1) is 7.79. The first-order valence-electron chi connectivity index (χ1n) is 4.38. The summed E-state index contributed by atoms with van der Waals surface area (Å²) in [6.45, 7) is 0. The Hall–Kier alpha value is -2.09. The van der Waals surface area contributed by atoms with Gasteiger partial charge in [0.25, 0.3) is 5.91 Å². The second-order valence-electron chi connectivity index (χ2n) is 2.75. The van der Waals surface area contributed by atoms with Gasteiger partial charge in [-0.2, -0.15) is 0 Å². The number of carbonyl (C=O) groups excluding carboxylic acids is 1. The summed E-state index contributed by atoms with van der Waals surface area (Å²) in [6, 6.07) is 3.25. The Morgan fingerprint density at radius 3 is 2.75 bits per heavy atom. The number of anilines is 2. The Balaban J connectivity index is 2.09. The van der Waals surface area contributed by atoms with Crippen molar-refractivity contribution in [1.29, 1.82) is 0 Å². The highest BCUT2D eigenvalue weighted by Gasteiger charge is 2.09. The monoisotopic (exact) mass is 236 g/mol. The van der Waals surface area contributed by atoms with E-state index < -0.39 is 0 Å². The van der Waals surface area contributed by atoms with Crippen LogP contribution in [0.2, 0.25) is 0 Å². The van der Waals surface area contributed by atoms with Crippen molar-refractivity contribution in [2.45, 2.75) is 0 Å². The van der Waals surface area contributed by atoms with Gasteiger partial charge in [0.2, 0.25) is 5.13 Å². The molecular weight excluding hydrogens is 228 g/mol. The van der Waals surface area contributed by atoms with Gasteiger partial charge in [-0.15, -0.1) is 20.4 Å². The van der Waals surface area contributed by atoms with Crippen LogP contribution in [0, 0.1) is 0 Å². The molecule has 7 nitrogen and oxygen atoms in total. The predicted molar refractivity (Wildman–Crippen MR) is 59.4 cm³/mol. The van der Waals surface area contributed by atoms with E-state index in [-0.39, 0.29) is 11.6 Å². The van der Waals surface area contributed by atoms with Crippen molar-refractivity contribution in [2.75, 3.05) is 17.7 Å². The summed E-state index contributed by atoms with van der Waals surface area (Å²) in [4.78, 5) is 11.6. The summed E-state index contributed by atoms with van der Waals surface area (Å²) in [6.07, 6.45) is 0. The summed E-state index contributed by atoms with van der Waals surface area (Å²) in [5.41, 5.74) is 1.76. The summed E-state index contributed by atoms with van der Waals surface area (Å²) < 4.78 is 0. The first kappa shape index (κ1) is 10.4. The molecule has 0 bridgehead atoms. The Kier molecular flexibility index (Phi) is 3.01. The number of hydrogen-bond acceptors (Lipinski definition) is 7. The minimum Gasteiger partial charge on any atom is -0.372 e. The van der Waals surface area contributed by atoms with Gasteiger partial charge in [0.05, 0.1) is 0 Å². The minimum atomic E-state index is -0.355. The second-order valence-corrected chi connectivity index (χ2v) is 3.59. The average Bonchev–Trinajstić information content (AvgIpc) is 2.82. The molecule has 0 atom stereocenters. The van der Waals surface area contributed by atoms with Gasteiger partial charge in [0.1, 0.15) is 11.3 Å². The van der Waals surface area contributed by atoms with Crippen LogP contribution in [0.3, 0.4) is 0 Å². The predicted octanol–water partition coefficient (Wildman–Crippen LogP) is 0.622. The topological polar surface area (TPSA) is 92.7 Å². The largest absolute Gasteiger partial charge is 0.372 e. The standard InChI is InChI=1S/C8H8N6OS/c1-9-6-3-2-5(12-13-6)7(15)11-8-14-10-4-16-8/h2-4H,1H3,(H,9,13)(H,11,14,15). The lowest BCUT2D eigenvalue weighted by Crippen LogP contribution is -2.14. The fraction of sp³-hybridized carbons (Fsp3) is 0.125. The molecule has 2 N–H and O–H groups in total. The smallest absolute Gasteiger partial charge is 0.278 e. The number of nitrogens with one attached hydrogen (secondary N) is 2.